The number of likely N-dealkylation sites (tertiary alicyclic amines) is 1. The fourth-order valence-corrected chi connectivity index (χ4v) is 3.81. The molecule has 1 amide bonds. The second-order valence-corrected chi connectivity index (χ2v) is 7.27. The van der Waals surface area contributed by atoms with E-state index in [4.69, 9.17) is 0 Å². The average molecular weight is 315 g/mol. The number of hydrogen-bond donors (Lipinski definition) is 1. The van der Waals surface area contributed by atoms with Crippen molar-refractivity contribution in [2.75, 3.05) is 13.1 Å². The number of amides is 1. The lowest BCUT2D eigenvalue weighted by Crippen LogP contribution is -2.48. The maximum Gasteiger partial charge on any atom is 0.311 e. The van der Waals surface area contributed by atoms with Crippen molar-refractivity contribution in [1.82, 2.24) is 4.90 Å². The van der Waals surface area contributed by atoms with Crippen LogP contribution in [0.4, 0.5) is 0 Å². The molecule has 23 heavy (non-hydrogen) atoms. The molecule has 0 aromatic heterocycles. The first-order valence-electron chi connectivity index (χ1n) is 8.60. The SMILES string of the molecule is CC1(C(=O)O)CCCN(C(=O)Cc2ccc3c(c2)CCCC3)C1. The van der Waals surface area contributed by atoms with Crippen molar-refractivity contribution in [2.24, 2.45) is 5.41 Å². The van der Waals surface area contributed by atoms with Crippen LogP contribution >= 0.6 is 0 Å². The van der Waals surface area contributed by atoms with Gasteiger partial charge in [-0.25, -0.2) is 0 Å². The van der Waals surface area contributed by atoms with Crippen molar-refractivity contribution in [2.45, 2.75) is 51.9 Å². The topological polar surface area (TPSA) is 57.6 Å². The third-order valence-electron chi connectivity index (χ3n) is 5.33. The van der Waals surface area contributed by atoms with Gasteiger partial charge in [0.2, 0.25) is 5.91 Å². The lowest BCUT2D eigenvalue weighted by atomic mass is 9.82. The Morgan fingerprint density at radius 3 is 2.65 bits per heavy atom. The van der Waals surface area contributed by atoms with E-state index >= 15 is 0 Å². The molecule has 2 aliphatic rings. The monoisotopic (exact) mass is 315 g/mol. The van der Waals surface area contributed by atoms with Gasteiger partial charge in [-0.15, -0.1) is 0 Å². The number of fused-ring (bicyclic) bond motifs is 1. The van der Waals surface area contributed by atoms with Gasteiger partial charge in [0.25, 0.3) is 0 Å². The van der Waals surface area contributed by atoms with E-state index in [-0.39, 0.29) is 5.91 Å². The Morgan fingerprint density at radius 1 is 1.17 bits per heavy atom. The molecule has 1 unspecified atom stereocenters. The van der Waals surface area contributed by atoms with E-state index in [2.05, 4.69) is 18.2 Å². The molecule has 4 heteroatoms. The van der Waals surface area contributed by atoms with E-state index in [0.29, 0.717) is 25.9 Å². The minimum atomic E-state index is -0.802. The van der Waals surface area contributed by atoms with Gasteiger partial charge in [0.1, 0.15) is 0 Å². The standard InChI is InChI=1S/C19H25NO3/c1-19(18(22)23)9-4-10-20(13-19)17(21)12-14-7-8-15-5-2-3-6-16(15)11-14/h7-8,11H,2-6,9-10,12-13H2,1H3,(H,22,23). The summed E-state index contributed by atoms with van der Waals surface area (Å²) in [5.41, 5.74) is 3.06. The Bertz CT molecular complexity index is 625. The summed E-state index contributed by atoms with van der Waals surface area (Å²) in [6, 6.07) is 6.39. The van der Waals surface area contributed by atoms with Crippen LogP contribution in [0.15, 0.2) is 18.2 Å². The van der Waals surface area contributed by atoms with Gasteiger partial charge in [0, 0.05) is 13.1 Å². The Labute approximate surface area is 137 Å². The molecule has 0 saturated carbocycles. The Kier molecular flexibility index (Phi) is 4.42. The third kappa shape index (κ3) is 3.41. The van der Waals surface area contributed by atoms with E-state index < -0.39 is 11.4 Å². The Hall–Kier alpha value is -1.84. The van der Waals surface area contributed by atoms with Crippen molar-refractivity contribution in [1.29, 1.82) is 0 Å². The molecule has 0 radical (unpaired) electrons. The van der Waals surface area contributed by atoms with Crippen LogP contribution in [0.25, 0.3) is 0 Å². The van der Waals surface area contributed by atoms with Gasteiger partial charge < -0.3 is 10.0 Å². The largest absolute Gasteiger partial charge is 0.481 e. The summed E-state index contributed by atoms with van der Waals surface area (Å²) < 4.78 is 0. The van der Waals surface area contributed by atoms with Gasteiger partial charge in [0.05, 0.1) is 11.8 Å². The van der Waals surface area contributed by atoms with Crippen LogP contribution in [0.2, 0.25) is 0 Å². The summed E-state index contributed by atoms with van der Waals surface area (Å²) in [6.45, 7) is 2.74. The number of carboxylic acids is 1. The number of carbonyl (C=O) groups excluding carboxylic acids is 1. The molecular weight excluding hydrogens is 290 g/mol. The zero-order valence-electron chi connectivity index (χ0n) is 13.8. The fraction of sp³-hybridized carbons (Fsp3) is 0.579. The van der Waals surface area contributed by atoms with E-state index in [0.717, 1.165) is 24.8 Å². The average Bonchev–Trinajstić information content (AvgIpc) is 2.54. The van der Waals surface area contributed by atoms with Crippen molar-refractivity contribution >= 4 is 11.9 Å². The quantitative estimate of drug-likeness (QED) is 0.933. The molecule has 1 heterocycles. The summed E-state index contributed by atoms with van der Waals surface area (Å²) in [5.74, 6) is -0.753. The van der Waals surface area contributed by atoms with Crippen LogP contribution in [0.1, 0.15) is 49.3 Å². The van der Waals surface area contributed by atoms with Gasteiger partial charge in [0.15, 0.2) is 0 Å². The van der Waals surface area contributed by atoms with Crippen LogP contribution < -0.4 is 0 Å². The number of rotatable bonds is 3. The van der Waals surface area contributed by atoms with Gasteiger partial charge in [-0.05, 0) is 62.1 Å². The minimum absolute atomic E-state index is 0.0490. The van der Waals surface area contributed by atoms with Crippen molar-refractivity contribution in [3.8, 4) is 0 Å². The third-order valence-corrected chi connectivity index (χ3v) is 5.33. The number of aliphatic carboxylic acids is 1. The zero-order valence-corrected chi connectivity index (χ0v) is 13.8. The lowest BCUT2D eigenvalue weighted by Gasteiger charge is -2.37. The predicted octanol–water partition coefficient (Wildman–Crippen LogP) is 2.82. The molecule has 1 fully saturated rings. The van der Waals surface area contributed by atoms with E-state index in [9.17, 15) is 14.7 Å². The van der Waals surface area contributed by atoms with E-state index in [1.165, 1.54) is 24.0 Å². The van der Waals surface area contributed by atoms with Crippen molar-refractivity contribution < 1.29 is 14.7 Å². The Balaban J connectivity index is 1.68. The summed E-state index contributed by atoms with van der Waals surface area (Å²) in [6.07, 6.45) is 6.53. The number of piperidine rings is 1. The molecular formula is C19H25NO3. The molecule has 1 aromatic rings. The summed E-state index contributed by atoms with van der Waals surface area (Å²) >= 11 is 0. The van der Waals surface area contributed by atoms with Crippen LogP contribution in [0, 0.1) is 5.41 Å². The van der Waals surface area contributed by atoms with Crippen LogP contribution in [-0.4, -0.2) is 35.0 Å². The first-order chi connectivity index (χ1) is 11.0. The number of benzene rings is 1. The maximum absolute atomic E-state index is 12.6. The Morgan fingerprint density at radius 2 is 1.91 bits per heavy atom. The number of aryl methyl sites for hydroxylation is 2. The first kappa shape index (κ1) is 16.0. The van der Waals surface area contributed by atoms with Crippen molar-refractivity contribution in [3.05, 3.63) is 34.9 Å². The molecule has 0 bridgehead atoms. The highest BCUT2D eigenvalue weighted by Gasteiger charge is 2.39. The summed E-state index contributed by atoms with van der Waals surface area (Å²) in [7, 11) is 0. The second-order valence-electron chi connectivity index (χ2n) is 7.27. The fourth-order valence-electron chi connectivity index (χ4n) is 3.81. The predicted molar refractivity (Wildman–Crippen MR) is 88.3 cm³/mol. The summed E-state index contributed by atoms with van der Waals surface area (Å²) in [5, 5.41) is 9.38. The van der Waals surface area contributed by atoms with Gasteiger partial charge in [-0.1, -0.05) is 18.2 Å². The number of carboxylic acid groups (broad SMARTS) is 1. The van der Waals surface area contributed by atoms with Gasteiger partial charge in [-0.2, -0.15) is 0 Å². The highest BCUT2D eigenvalue weighted by Crippen LogP contribution is 2.30. The second kappa shape index (κ2) is 6.34. The number of nitrogens with zero attached hydrogens (tertiary/aromatic N) is 1. The lowest BCUT2D eigenvalue weighted by molar-refractivity contribution is -0.153. The highest BCUT2D eigenvalue weighted by atomic mass is 16.4. The van der Waals surface area contributed by atoms with Crippen LogP contribution in [0.5, 0.6) is 0 Å². The molecule has 1 N–H and O–H groups in total. The molecule has 1 saturated heterocycles. The van der Waals surface area contributed by atoms with E-state index in [1.807, 2.05) is 0 Å². The van der Waals surface area contributed by atoms with Gasteiger partial charge in [-0.3, -0.25) is 9.59 Å². The molecule has 1 aromatic carbocycles. The molecule has 1 aliphatic carbocycles. The molecule has 0 spiro atoms. The van der Waals surface area contributed by atoms with Crippen LogP contribution in [-0.2, 0) is 28.9 Å². The number of carbonyl (C=O) groups is 2. The van der Waals surface area contributed by atoms with Crippen LogP contribution in [0.3, 0.4) is 0 Å². The minimum Gasteiger partial charge on any atom is -0.481 e. The molecule has 1 aliphatic heterocycles. The summed E-state index contributed by atoms with van der Waals surface area (Å²) in [4.78, 5) is 25.7. The molecule has 3 rings (SSSR count). The first-order valence-corrected chi connectivity index (χ1v) is 8.60. The zero-order chi connectivity index (χ0) is 16.4. The van der Waals surface area contributed by atoms with Gasteiger partial charge >= 0.3 is 5.97 Å². The highest BCUT2D eigenvalue weighted by molar-refractivity contribution is 5.81. The number of hydrogen-bond acceptors (Lipinski definition) is 2. The molecule has 1 atom stereocenters. The molecule has 124 valence electrons. The maximum atomic E-state index is 12.6. The molecule has 4 nitrogen and oxygen atoms in total. The normalized spacial score (nSPS) is 24.1. The smallest absolute Gasteiger partial charge is 0.311 e. The van der Waals surface area contributed by atoms with E-state index in [1.54, 1.807) is 11.8 Å². The van der Waals surface area contributed by atoms with Crippen molar-refractivity contribution in [3.63, 3.8) is 0 Å².